The first-order chi connectivity index (χ1) is 13.5. The molecular weight excluding hydrogens is 356 g/mol. The highest BCUT2D eigenvalue weighted by molar-refractivity contribution is 5.80. The zero-order chi connectivity index (χ0) is 19.7. The van der Waals surface area contributed by atoms with Gasteiger partial charge in [-0.15, -0.1) is 0 Å². The second kappa shape index (κ2) is 7.68. The Balaban J connectivity index is 1.51. The molecule has 1 aromatic heterocycles. The maximum atomic E-state index is 12.1. The summed E-state index contributed by atoms with van der Waals surface area (Å²) in [5, 5.41) is 21.5. The van der Waals surface area contributed by atoms with Gasteiger partial charge in [-0.3, -0.25) is 14.7 Å². The Morgan fingerprint density at radius 1 is 1.29 bits per heavy atom. The Hall–Kier alpha value is -2.18. The number of aliphatic carboxylic acids is 1. The van der Waals surface area contributed by atoms with Crippen LogP contribution >= 0.6 is 0 Å². The number of carboxylic acids is 1. The minimum atomic E-state index is -1.05. The molecular formula is C22H28N2O4. The van der Waals surface area contributed by atoms with Gasteiger partial charge in [0.1, 0.15) is 11.2 Å². The molecule has 2 atom stereocenters. The van der Waals surface area contributed by atoms with E-state index in [2.05, 4.69) is 4.90 Å². The quantitative estimate of drug-likeness (QED) is 0.763. The van der Waals surface area contributed by atoms with E-state index in [0.717, 1.165) is 35.2 Å². The largest absolute Gasteiger partial charge is 0.494 e. The molecule has 28 heavy (non-hydrogen) atoms. The Bertz CT molecular complexity index is 867. The van der Waals surface area contributed by atoms with Crippen LogP contribution < -0.4 is 4.74 Å². The Morgan fingerprint density at radius 2 is 2.11 bits per heavy atom. The molecule has 1 saturated heterocycles. The van der Waals surface area contributed by atoms with Crippen LogP contribution in [0, 0.1) is 11.3 Å². The number of hydrogen-bond donors (Lipinski definition) is 2. The van der Waals surface area contributed by atoms with Gasteiger partial charge in [0, 0.05) is 25.0 Å². The molecule has 0 unspecified atom stereocenters. The third kappa shape index (κ3) is 3.84. The van der Waals surface area contributed by atoms with Crippen LogP contribution in [0.1, 0.15) is 38.3 Å². The van der Waals surface area contributed by atoms with Gasteiger partial charge in [-0.1, -0.05) is 18.9 Å². The fourth-order valence-corrected chi connectivity index (χ4v) is 4.35. The van der Waals surface area contributed by atoms with Crippen molar-refractivity contribution in [1.29, 1.82) is 0 Å². The number of piperidine rings is 1. The highest BCUT2D eigenvalue weighted by Gasteiger charge is 2.51. The maximum absolute atomic E-state index is 12.1. The number of ether oxygens (including phenoxy) is 1. The normalized spacial score (nSPS) is 25.7. The van der Waals surface area contributed by atoms with Gasteiger partial charge < -0.3 is 14.9 Å². The standard InChI is InChI=1S/C22H28N2O4/c1-2-28-18-7-8-19-16(11-18)5-6-17(23-19)13-24-10-9-20(25)22(14-24,21(26)27)12-15-3-4-15/h5-8,11,15,20,25H,2-4,9-10,12-14H2,1H3,(H,26,27)/t20-,22+/m0/s1. The zero-order valence-electron chi connectivity index (χ0n) is 16.3. The van der Waals surface area contributed by atoms with Crippen molar-refractivity contribution in [1.82, 2.24) is 9.88 Å². The molecule has 1 aromatic carbocycles. The first-order valence-corrected chi connectivity index (χ1v) is 10.2. The lowest BCUT2D eigenvalue weighted by atomic mass is 9.73. The molecule has 6 nitrogen and oxygen atoms in total. The van der Waals surface area contributed by atoms with Gasteiger partial charge in [0.25, 0.3) is 0 Å². The number of likely N-dealkylation sites (tertiary alicyclic amines) is 1. The molecule has 0 amide bonds. The van der Waals surface area contributed by atoms with Crippen molar-refractivity contribution in [3.63, 3.8) is 0 Å². The Morgan fingerprint density at radius 3 is 2.82 bits per heavy atom. The van der Waals surface area contributed by atoms with E-state index in [1.54, 1.807) is 0 Å². The molecule has 2 aromatic rings. The van der Waals surface area contributed by atoms with Crippen molar-refractivity contribution in [2.24, 2.45) is 11.3 Å². The number of aliphatic hydroxyl groups excluding tert-OH is 1. The van der Waals surface area contributed by atoms with Crippen molar-refractivity contribution in [2.75, 3.05) is 19.7 Å². The number of benzene rings is 1. The predicted octanol–water partition coefficient (Wildman–Crippen LogP) is 3.07. The lowest BCUT2D eigenvalue weighted by molar-refractivity contribution is -0.165. The monoisotopic (exact) mass is 384 g/mol. The summed E-state index contributed by atoms with van der Waals surface area (Å²) in [6.07, 6.45) is 2.45. The fraction of sp³-hybridized carbons (Fsp3) is 0.545. The molecule has 0 spiro atoms. The van der Waals surface area contributed by atoms with E-state index >= 15 is 0 Å². The summed E-state index contributed by atoms with van der Waals surface area (Å²) in [5.74, 6) is 0.413. The van der Waals surface area contributed by atoms with Crippen LogP contribution in [0.15, 0.2) is 30.3 Å². The fourth-order valence-electron chi connectivity index (χ4n) is 4.35. The van der Waals surface area contributed by atoms with Crippen molar-refractivity contribution in [3.8, 4) is 5.75 Å². The van der Waals surface area contributed by atoms with Crippen LogP contribution in [-0.4, -0.2) is 51.9 Å². The number of aromatic nitrogens is 1. The van der Waals surface area contributed by atoms with E-state index in [1.807, 2.05) is 37.3 Å². The van der Waals surface area contributed by atoms with E-state index in [0.29, 0.717) is 45.0 Å². The first-order valence-electron chi connectivity index (χ1n) is 10.2. The molecule has 2 fully saturated rings. The van der Waals surface area contributed by atoms with Crippen LogP contribution in [0.5, 0.6) is 5.75 Å². The van der Waals surface area contributed by atoms with E-state index in [4.69, 9.17) is 9.72 Å². The topological polar surface area (TPSA) is 82.9 Å². The van der Waals surface area contributed by atoms with Gasteiger partial charge in [0.05, 0.1) is 23.9 Å². The zero-order valence-corrected chi connectivity index (χ0v) is 16.3. The number of rotatable bonds is 7. The lowest BCUT2D eigenvalue weighted by Crippen LogP contribution is -2.56. The molecule has 2 heterocycles. The minimum Gasteiger partial charge on any atom is -0.494 e. The maximum Gasteiger partial charge on any atom is 0.313 e. The van der Waals surface area contributed by atoms with Gasteiger partial charge in [-0.2, -0.15) is 0 Å². The van der Waals surface area contributed by atoms with Crippen molar-refractivity contribution < 1.29 is 19.7 Å². The van der Waals surface area contributed by atoms with Gasteiger partial charge in [0.15, 0.2) is 0 Å². The first kappa shape index (κ1) is 19.2. The Labute approximate surface area is 165 Å². The summed E-state index contributed by atoms with van der Waals surface area (Å²) >= 11 is 0. The van der Waals surface area contributed by atoms with E-state index in [-0.39, 0.29) is 0 Å². The van der Waals surface area contributed by atoms with Gasteiger partial charge in [0.2, 0.25) is 0 Å². The third-order valence-corrected chi connectivity index (χ3v) is 6.05. The molecule has 0 radical (unpaired) electrons. The molecule has 2 aliphatic rings. The number of carboxylic acid groups (broad SMARTS) is 1. The van der Waals surface area contributed by atoms with E-state index < -0.39 is 17.5 Å². The molecule has 1 aliphatic heterocycles. The highest BCUT2D eigenvalue weighted by Crippen LogP contribution is 2.45. The van der Waals surface area contributed by atoms with Crippen LogP contribution in [0.2, 0.25) is 0 Å². The molecule has 0 bridgehead atoms. The summed E-state index contributed by atoms with van der Waals surface area (Å²) in [6, 6.07) is 9.89. The summed E-state index contributed by atoms with van der Waals surface area (Å²) in [6.45, 7) is 4.24. The molecule has 4 rings (SSSR count). The molecule has 150 valence electrons. The average molecular weight is 384 g/mol. The predicted molar refractivity (Wildman–Crippen MR) is 106 cm³/mol. The highest BCUT2D eigenvalue weighted by atomic mass is 16.5. The number of carbonyl (C=O) groups is 1. The number of pyridine rings is 1. The van der Waals surface area contributed by atoms with Crippen molar-refractivity contribution in [3.05, 3.63) is 36.0 Å². The SMILES string of the molecule is CCOc1ccc2nc(CN3CC[C@H](O)[C@](CC4CC4)(C(=O)O)C3)ccc2c1. The summed E-state index contributed by atoms with van der Waals surface area (Å²) in [5.41, 5.74) is 0.766. The molecule has 1 saturated carbocycles. The van der Waals surface area contributed by atoms with Crippen LogP contribution in [-0.2, 0) is 11.3 Å². The van der Waals surface area contributed by atoms with Crippen LogP contribution in [0.25, 0.3) is 10.9 Å². The minimum absolute atomic E-state index is 0.378. The Kier molecular flexibility index (Phi) is 5.25. The van der Waals surface area contributed by atoms with Gasteiger partial charge >= 0.3 is 5.97 Å². The average Bonchev–Trinajstić information content (AvgIpc) is 3.48. The van der Waals surface area contributed by atoms with Crippen molar-refractivity contribution >= 4 is 16.9 Å². The van der Waals surface area contributed by atoms with E-state index in [1.165, 1.54) is 0 Å². The second-order valence-electron chi connectivity index (χ2n) is 8.21. The number of hydrogen-bond acceptors (Lipinski definition) is 5. The number of nitrogens with zero attached hydrogens (tertiary/aromatic N) is 2. The summed E-state index contributed by atoms with van der Waals surface area (Å²) in [4.78, 5) is 19.0. The van der Waals surface area contributed by atoms with Crippen LogP contribution in [0.3, 0.4) is 0 Å². The van der Waals surface area contributed by atoms with Gasteiger partial charge in [-0.05, 0) is 49.9 Å². The number of aliphatic hydroxyl groups is 1. The molecule has 2 N–H and O–H groups in total. The second-order valence-corrected chi connectivity index (χ2v) is 8.21. The number of fused-ring (bicyclic) bond motifs is 1. The van der Waals surface area contributed by atoms with Crippen molar-refractivity contribution in [2.45, 2.75) is 45.3 Å². The molecule has 6 heteroatoms. The molecule has 1 aliphatic carbocycles. The third-order valence-electron chi connectivity index (χ3n) is 6.05. The van der Waals surface area contributed by atoms with Gasteiger partial charge in [-0.25, -0.2) is 0 Å². The summed E-state index contributed by atoms with van der Waals surface area (Å²) in [7, 11) is 0. The lowest BCUT2D eigenvalue weighted by Gasteiger charge is -2.43. The van der Waals surface area contributed by atoms with E-state index in [9.17, 15) is 15.0 Å². The smallest absolute Gasteiger partial charge is 0.313 e. The summed E-state index contributed by atoms with van der Waals surface area (Å²) < 4.78 is 5.54. The van der Waals surface area contributed by atoms with Crippen LogP contribution in [0.4, 0.5) is 0 Å².